The second-order valence-corrected chi connectivity index (χ2v) is 6.82. The summed E-state index contributed by atoms with van der Waals surface area (Å²) in [6, 6.07) is 3.76. The SMILES string of the molecule is CC(C(=O)NC(=O)NC1CC1)N(C)CC(=O)Nc1ccc(Cl)c(Cl)c1. The first-order chi connectivity index (χ1) is 11.8. The molecule has 25 heavy (non-hydrogen) atoms. The Balaban J connectivity index is 1.80. The molecule has 0 saturated heterocycles. The van der Waals surface area contributed by atoms with Gasteiger partial charge < -0.3 is 10.6 Å². The highest BCUT2D eigenvalue weighted by Gasteiger charge is 2.26. The second-order valence-electron chi connectivity index (χ2n) is 6.01. The summed E-state index contributed by atoms with van der Waals surface area (Å²) in [6.07, 6.45) is 1.87. The number of benzene rings is 1. The van der Waals surface area contributed by atoms with E-state index in [0.717, 1.165) is 12.8 Å². The minimum Gasteiger partial charge on any atom is -0.335 e. The summed E-state index contributed by atoms with van der Waals surface area (Å²) in [7, 11) is 1.62. The molecule has 0 bridgehead atoms. The van der Waals surface area contributed by atoms with E-state index in [1.54, 1.807) is 32.2 Å². The summed E-state index contributed by atoms with van der Waals surface area (Å²) in [6.45, 7) is 1.59. The van der Waals surface area contributed by atoms with Crippen molar-refractivity contribution in [3.63, 3.8) is 0 Å². The van der Waals surface area contributed by atoms with Crippen LogP contribution in [0.25, 0.3) is 0 Å². The lowest BCUT2D eigenvalue weighted by atomic mass is 10.2. The maximum atomic E-state index is 12.1. The molecule has 3 N–H and O–H groups in total. The highest BCUT2D eigenvalue weighted by molar-refractivity contribution is 6.42. The van der Waals surface area contributed by atoms with E-state index in [0.29, 0.717) is 15.7 Å². The van der Waals surface area contributed by atoms with E-state index in [9.17, 15) is 14.4 Å². The molecule has 0 spiro atoms. The topological polar surface area (TPSA) is 90.5 Å². The highest BCUT2D eigenvalue weighted by atomic mass is 35.5. The molecule has 2 rings (SSSR count). The molecule has 1 fully saturated rings. The molecule has 0 aromatic heterocycles. The molecule has 1 saturated carbocycles. The smallest absolute Gasteiger partial charge is 0.321 e. The Morgan fingerprint density at radius 3 is 2.52 bits per heavy atom. The van der Waals surface area contributed by atoms with Crippen molar-refractivity contribution < 1.29 is 14.4 Å². The van der Waals surface area contributed by atoms with Gasteiger partial charge in [0.2, 0.25) is 11.8 Å². The predicted molar refractivity (Wildman–Crippen MR) is 96.9 cm³/mol. The molecular formula is C16H20Cl2N4O3. The number of halogens is 2. The largest absolute Gasteiger partial charge is 0.335 e. The van der Waals surface area contributed by atoms with E-state index in [2.05, 4.69) is 16.0 Å². The number of anilines is 1. The number of urea groups is 1. The number of hydrogen-bond donors (Lipinski definition) is 3. The number of hydrogen-bond acceptors (Lipinski definition) is 4. The van der Waals surface area contributed by atoms with E-state index < -0.39 is 18.0 Å². The van der Waals surface area contributed by atoms with Crippen molar-refractivity contribution in [1.82, 2.24) is 15.5 Å². The molecule has 136 valence electrons. The quantitative estimate of drug-likeness (QED) is 0.698. The van der Waals surface area contributed by atoms with E-state index >= 15 is 0 Å². The Morgan fingerprint density at radius 2 is 1.92 bits per heavy atom. The monoisotopic (exact) mass is 386 g/mol. The van der Waals surface area contributed by atoms with Crippen LogP contribution in [0.15, 0.2) is 18.2 Å². The summed E-state index contributed by atoms with van der Waals surface area (Å²) in [5.74, 6) is -0.786. The number of carbonyl (C=O) groups excluding carboxylic acids is 3. The fourth-order valence-electron chi connectivity index (χ4n) is 2.00. The van der Waals surface area contributed by atoms with Crippen molar-refractivity contribution >= 4 is 46.7 Å². The van der Waals surface area contributed by atoms with Gasteiger partial charge in [0.1, 0.15) is 0 Å². The third kappa shape index (κ3) is 6.19. The van der Waals surface area contributed by atoms with Crippen molar-refractivity contribution in [3.05, 3.63) is 28.2 Å². The van der Waals surface area contributed by atoms with Gasteiger partial charge in [-0.1, -0.05) is 23.2 Å². The third-order valence-corrected chi connectivity index (χ3v) is 4.53. The lowest BCUT2D eigenvalue weighted by molar-refractivity contribution is -0.125. The first kappa shape index (κ1) is 19.5. The summed E-state index contributed by atoms with van der Waals surface area (Å²) >= 11 is 11.7. The zero-order chi connectivity index (χ0) is 18.6. The van der Waals surface area contributed by atoms with Gasteiger partial charge in [-0.05, 0) is 45.0 Å². The van der Waals surface area contributed by atoms with E-state index in [4.69, 9.17) is 23.2 Å². The van der Waals surface area contributed by atoms with Crippen molar-refractivity contribution in [3.8, 4) is 0 Å². The van der Waals surface area contributed by atoms with Gasteiger partial charge in [0.05, 0.1) is 22.6 Å². The molecule has 0 heterocycles. The van der Waals surface area contributed by atoms with Crippen LogP contribution < -0.4 is 16.0 Å². The molecule has 1 unspecified atom stereocenters. The fraction of sp³-hybridized carbons (Fsp3) is 0.438. The third-order valence-electron chi connectivity index (χ3n) is 3.79. The van der Waals surface area contributed by atoms with Crippen molar-refractivity contribution in [2.75, 3.05) is 18.9 Å². The average molecular weight is 387 g/mol. The lowest BCUT2D eigenvalue weighted by Crippen LogP contribution is -2.50. The average Bonchev–Trinajstić information content (AvgIpc) is 3.33. The summed E-state index contributed by atoms with van der Waals surface area (Å²) in [5.41, 5.74) is 0.508. The van der Waals surface area contributed by atoms with Crippen LogP contribution in [0.3, 0.4) is 0 Å². The van der Waals surface area contributed by atoms with Gasteiger partial charge >= 0.3 is 6.03 Å². The summed E-state index contributed by atoms with van der Waals surface area (Å²) in [4.78, 5) is 37.2. The van der Waals surface area contributed by atoms with Crippen LogP contribution in [-0.2, 0) is 9.59 Å². The maximum absolute atomic E-state index is 12.1. The van der Waals surface area contributed by atoms with Gasteiger partial charge in [-0.25, -0.2) is 4.79 Å². The van der Waals surface area contributed by atoms with Crippen LogP contribution >= 0.6 is 23.2 Å². The van der Waals surface area contributed by atoms with Crippen molar-refractivity contribution in [2.24, 2.45) is 0 Å². The predicted octanol–water partition coefficient (Wildman–Crippen LogP) is 2.24. The first-order valence-electron chi connectivity index (χ1n) is 7.82. The van der Waals surface area contributed by atoms with Crippen LogP contribution in [0, 0.1) is 0 Å². The molecule has 1 aliphatic carbocycles. The first-order valence-corrected chi connectivity index (χ1v) is 8.58. The Bertz CT molecular complexity index is 679. The number of imide groups is 1. The molecule has 9 heteroatoms. The van der Waals surface area contributed by atoms with Crippen LogP contribution in [0.5, 0.6) is 0 Å². The van der Waals surface area contributed by atoms with Gasteiger partial charge in [0.25, 0.3) is 0 Å². The van der Waals surface area contributed by atoms with Crippen LogP contribution in [-0.4, -0.2) is 48.4 Å². The van der Waals surface area contributed by atoms with Gasteiger partial charge in [-0.2, -0.15) is 0 Å². The van der Waals surface area contributed by atoms with E-state index in [-0.39, 0.29) is 18.5 Å². The maximum Gasteiger partial charge on any atom is 0.321 e. The van der Waals surface area contributed by atoms with E-state index in [1.807, 2.05) is 0 Å². The number of likely N-dealkylation sites (N-methyl/N-ethyl adjacent to an activating group) is 1. The molecular weight excluding hydrogens is 367 g/mol. The Labute approximate surface area is 156 Å². The zero-order valence-corrected chi connectivity index (χ0v) is 15.4. The van der Waals surface area contributed by atoms with Gasteiger partial charge in [0.15, 0.2) is 0 Å². The number of carbonyl (C=O) groups is 3. The lowest BCUT2D eigenvalue weighted by Gasteiger charge is -2.23. The summed E-state index contributed by atoms with van der Waals surface area (Å²) < 4.78 is 0. The highest BCUT2D eigenvalue weighted by Crippen LogP contribution is 2.25. The molecule has 1 aliphatic rings. The molecule has 0 aliphatic heterocycles. The minimum absolute atomic E-state index is 0.0287. The number of rotatable bonds is 6. The van der Waals surface area contributed by atoms with Gasteiger partial charge in [-0.3, -0.25) is 19.8 Å². The van der Waals surface area contributed by atoms with Gasteiger partial charge in [-0.15, -0.1) is 0 Å². The molecule has 1 aromatic carbocycles. The normalized spacial score (nSPS) is 14.8. The van der Waals surface area contributed by atoms with Gasteiger partial charge in [0, 0.05) is 11.7 Å². The van der Waals surface area contributed by atoms with Crippen LogP contribution in [0.1, 0.15) is 19.8 Å². The molecule has 1 atom stereocenters. The number of nitrogens with zero attached hydrogens (tertiary/aromatic N) is 1. The summed E-state index contributed by atoms with van der Waals surface area (Å²) in [5, 5.41) is 8.35. The number of nitrogens with one attached hydrogen (secondary N) is 3. The van der Waals surface area contributed by atoms with Crippen molar-refractivity contribution in [1.29, 1.82) is 0 Å². The van der Waals surface area contributed by atoms with Crippen LogP contribution in [0.2, 0.25) is 10.0 Å². The van der Waals surface area contributed by atoms with Crippen LogP contribution in [0.4, 0.5) is 10.5 Å². The molecule has 1 aromatic rings. The molecule has 7 nitrogen and oxygen atoms in total. The Hall–Kier alpha value is -1.83. The van der Waals surface area contributed by atoms with E-state index in [1.165, 1.54) is 4.90 Å². The fourth-order valence-corrected chi connectivity index (χ4v) is 2.30. The molecule has 4 amide bonds. The second kappa shape index (κ2) is 8.51. The van der Waals surface area contributed by atoms with Crippen molar-refractivity contribution in [2.45, 2.75) is 31.8 Å². The molecule has 0 radical (unpaired) electrons. The Morgan fingerprint density at radius 1 is 1.24 bits per heavy atom. The Kier molecular flexibility index (Phi) is 6.64. The minimum atomic E-state index is -0.649. The number of amides is 4. The standard InChI is InChI=1S/C16H20Cl2N4O3/c1-9(15(24)21-16(25)20-10-3-4-10)22(2)8-14(23)19-11-5-6-12(17)13(18)7-11/h5-7,9-10H,3-4,8H2,1-2H3,(H,19,23)(H2,20,21,24,25). The zero-order valence-electron chi connectivity index (χ0n) is 13.9.